The highest BCUT2D eigenvalue weighted by atomic mass is 79.9. The molecule has 2 aromatic rings. The van der Waals surface area contributed by atoms with Gasteiger partial charge in [0.15, 0.2) is 5.78 Å². The van der Waals surface area contributed by atoms with Crippen LogP contribution in [-0.2, 0) is 4.79 Å². The molecule has 1 aliphatic carbocycles. The number of allylic oxidation sites excluding steroid dienone is 2. The van der Waals surface area contributed by atoms with Gasteiger partial charge in [0.25, 0.3) is 0 Å². The summed E-state index contributed by atoms with van der Waals surface area (Å²) in [5.41, 5.74) is 3.98. The van der Waals surface area contributed by atoms with Gasteiger partial charge in [0.1, 0.15) is 0 Å². The van der Waals surface area contributed by atoms with E-state index in [1.807, 2.05) is 24.3 Å². The van der Waals surface area contributed by atoms with Gasteiger partial charge in [-0.2, -0.15) is 0 Å². The molecule has 2 aliphatic rings. The summed E-state index contributed by atoms with van der Waals surface area (Å²) in [5.74, 6) is 0.192. The Morgan fingerprint density at radius 2 is 1.19 bits per heavy atom. The molecule has 0 bridgehead atoms. The Labute approximate surface area is 170 Å². The van der Waals surface area contributed by atoms with Gasteiger partial charge in [-0.1, -0.05) is 56.1 Å². The zero-order chi connectivity index (χ0) is 18.1. The van der Waals surface area contributed by atoms with Crippen LogP contribution >= 0.6 is 31.9 Å². The lowest BCUT2D eigenvalue weighted by molar-refractivity contribution is -0.118. The summed E-state index contributed by atoms with van der Waals surface area (Å²) in [6.45, 7) is 1.89. The average Bonchev–Trinajstić information content (AvgIpc) is 2.67. The van der Waals surface area contributed by atoms with Crippen LogP contribution in [-0.4, -0.2) is 18.9 Å². The van der Waals surface area contributed by atoms with Gasteiger partial charge in [-0.25, -0.2) is 0 Å². The standard InChI is InChI=1S/C22H19Br2NO/c23-17-5-1-15(2-6-17)13-19-21(26)20(22(19)9-11-25-12-10-22)14-16-3-7-18(24)8-4-16/h1-8,13-14,25H,9-12H2/b19-13-,20-14-. The van der Waals surface area contributed by atoms with E-state index in [2.05, 4.69) is 73.6 Å². The second-order valence-electron chi connectivity index (χ2n) is 6.88. The molecule has 1 saturated carbocycles. The van der Waals surface area contributed by atoms with Gasteiger partial charge in [0, 0.05) is 25.5 Å². The molecule has 1 heterocycles. The molecule has 0 unspecified atom stereocenters. The summed E-state index contributed by atoms with van der Waals surface area (Å²) >= 11 is 6.94. The molecule has 1 aliphatic heterocycles. The summed E-state index contributed by atoms with van der Waals surface area (Å²) in [6.07, 6.45) is 6.12. The molecular formula is C22H19Br2NO. The first-order valence-electron chi connectivity index (χ1n) is 8.79. The molecule has 2 aromatic carbocycles. The van der Waals surface area contributed by atoms with Crippen molar-refractivity contribution in [3.63, 3.8) is 0 Å². The van der Waals surface area contributed by atoms with Crippen LogP contribution in [0.25, 0.3) is 12.2 Å². The lowest BCUT2D eigenvalue weighted by atomic mass is 9.54. The highest BCUT2D eigenvalue weighted by Crippen LogP contribution is 2.55. The maximum atomic E-state index is 13.0. The predicted molar refractivity (Wildman–Crippen MR) is 114 cm³/mol. The third-order valence-corrected chi connectivity index (χ3v) is 6.40. The summed E-state index contributed by atoms with van der Waals surface area (Å²) in [7, 11) is 0. The van der Waals surface area contributed by atoms with Crippen molar-refractivity contribution in [3.05, 3.63) is 79.7 Å². The number of carbonyl (C=O) groups excluding carboxylic acids is 1. The maximum absolute atomic E-state index is 13.0. The Bertz CT molecular complexity index is 821. The van der Waals surface area contributed by atoms with Crippen LogP contribution in [0, 0.1) is 5.41 Å². The Kier molecular flexibility index (Phi) is 5.00. The Balaban J connectivity index is 1.73. The van der Waals surface area contributed by atoms with Crippen molar-refractivity contribution >= 4 is 49.8 Å². The van der Waals surface area contributed by atoms with E-state index in [4.69, 9.17) is 0 Å². The van der Waals surface area contributed by atoms with Gasteiger partial charge >= 0.3 is 0 Å². The molecule has 2 nitrogen and oxygen atoms in total. The minimum atomic E-state index is -0.109. The predicted octanol–water partition coefficient (Wildman–Crippen LogP) is 5.63. The highest BCUT2D eigenvalue weighted by molar-refractivity contribution is 9.10. The normalized spacial score (nSPS) is 22.0. The molecule has 2 fully saturated rings. The molecule has 1 saturated heterocycles. The van der Waals surface area contributed by atoms with Gasteiger partial charge in [0.2, 0.25) is 0 Å². The molecule has 0 radical (unpaired) electrons. The Morgan fingerprint density at radius 3 is 1.62 bits per heavy atom. The topological polar surface area (TPSA) is 29.1 Å². The molecule has 132 valence electrons. The SMILES string of the molecule is O=C1/C(=C/c2ccc(Br)cc2)C2(CCNCC2)/C1=C\c1ccc(Br)cc1. The monoisotopic (exact) mass is 471 g/mol. The van der Waals surface area contributed by atoms with E-state index in [1.54, 1.807) is 0 Å². The van der Waals surface area contributed by atoms with Crippen LogP contribution < -0.4 is 5.32 Å². The van der Waals surface area contributed by atoms with E-state index < -0.39 is 0 Å². The van der Waals surface area contributed by atoms with E-state index in [9.17, 15) is 4.79 Å². The van der Waals surface area contributed by atoms with E-state index in [0.29, 0.717) is 0 Å². The van der Waals surface area contributed by atoms with Gasteiger partial charge < -0.3 is 5.32 Å². The molecule has 4 heteroatoms. The van der Waals surface area contributed by atoms with Crippen LogP contribution in [0.5, 0.6) is 0 Å². The first-order valence-corrected chi connectivity index (χ1v) is 10.4. The van der Waals surface area contributed by atoms with Crippen LogP contribution in [0.2, 0.25) is 0 Å². The number of benzene rings is 2. The minimum Gasteiger partial charge on any atom is -0.317 e. The number of halogens is 2. The Hall–Kier alpha value is -1.49. The molecule has 1 spiro atoms. The summed E-state index contributed by atoms with van der Waals surface area (Å²) in [6, 6.07) is 16.3. The van der Waals surface area contributed by atoms with Crippen molar-refractivity contribution in [1.82, 2.24) is 5.32 Å². The third kappa shape index (κ3) is 3.26. The van der Waals surface area contributed by atoms with Crippen molar-refractivity contribution in [2.75, 3.05) is 13.1 Å². The molecule has 26 heavy (non-hydrogen) atoms. The van der Waals surface area contributed by atoms with Crippen LogP contribution in [0.1, 0.15) is 24.0 Å². The molecule has 4 rings (SSSR count). The average molecular weight is 473 g/mol. The van der Waals surface area contributed by atoms with Crippen LogP contribution in [0.15, 0.2) is 68.6 Å². The zero-order valence-electron chi connectivity index (χ0n) is 14.3. The molecule has 1 N–H and O–H groups in total. The summed E-state index contributed by atoms with van der Waals surface area (Å²) in [5, 5.41) is 3.43. The number of hydrogen-bond acceptors (Lipinski definition) is 2. The largest absolute Gasteiger partial charge is 0.317 e. The number of rotatable bonds is 2. The first-order chi connectivity index (χ1) is 12.6. The number of carbonyl (C=O) groups is 1. The van der Waals surface area contributed by atoms with Crippen LogP contribution in [0.3, 0.4) is 0 Å². The van der Waals surface area contributed by atoms with E-state index in [0.717, 1.165) is 57.1 Å². The van der Waals surface area contributed by atoms with Gasteiger partial charge in [-0.05, 0) is 73.5 Å². The molecule has 0 aromatic heterocycles. The lowest BCUT2D eigenvalue weighted by Gasteiger charge is -2.48. The molecule has 0 atom stereocenters. The quantitative estimate of drug-likeness (QED) is 0.573. The lowest BCUT2D eigenvalue weighted by Crippen LogP contribution is -2.50. The van der Waals surface area contributed by atoms with Gasteiger partial charge in [0.05, 0.1) is 0 Å². The second kappa shape index (κ2) is 7.26. The van der Waals surface area contributed by atoms with E-state index in [1.165, 1.54) is 0 Å². The number of nitrogens with one attached hydrogen (secondary N) is 1. The fourth-order valence-electron chi connectivity index (χ4n) is 3.91. The van der Waals surface area contributed by atoms with Crippen molar-refractivity contribution in [1.29, 1.82) is 0 Å². The fourth-order valence-corrected chi connectivity index (χ4v) is 4.44. The fraction of sp³-hybridized carbons (Fsp3) is 0.227. The number of piperidine rings is 1. The van der Waals surface area contributed by atoms with E-state index in [-0.39, 0.29) is 11.2 Å². The van der Waals surface area contributed by atoms with Crippen molar-refractivity contribution in [2.24, 2.45) is 5.41 Å². The zero-order valence-corrected chi connectivity index (χ0v) is 17.4. The van der Waals surface area contributed by atoms with Crippen molar-refractivity contribution in [3.8, 4) is 0 Å². The maximum Gasteiger partial charge on any atom is 0.186 e. The third-order valence-electron chi connectivity index (χ3n) is 5.34. The van der Waals surface area contributed by atoms with E-state index >= 15 is 0 Å². The van der Waals surface area contributed by atoms with Crippen molar-refractivity contribution in [2.45, 2.75) is 12.8 Å². The van der Waals surface area contributed by atoms with Gasteiger partial charge in [-0.3, -0.25) is 4.79 Å². The number of ketones is 1. The minimum absolute atomic E-state index is 0.109. The Morgan fingerprint density at radius 1 is 0.769 bits per heavy atom. The van der Waals surface area contributed by atoms with Crippen molar-refractivity contribution < 1.29 is 4.79 Å². The molecule has 0 amide bonds. The van der Waals surface area contributed by atoms with Gasteiger partial charge in [-0.15, -0.1) is 0 Å². The molecular weight excluding hydrogens is 454 g/mol. The van der Waals surface area contributed by atoms with Crippen LogP contribution in [0.4, 0.5) is 0 Å². The first kappa shape index (κ1) is 17.9. The summed E-state index contributed by atoms with van der Waals surface area (Å²) in [4.78, 5) is 13.0. The highest BCUT2D eigenvalue weighted by Gasteiger charge is 2.53. The smallest absolute Gasteiger partial charge is 0.186 e. The number of hydrogen-bond donors (Lipinski definition) is 1. The summed E-state index contributed by atoms with van der Waals surface area (Å²) < 4.78 is 2.10. The number of Topliss-reactive ketones (excluding diaryl/α,β-unsaturated/α-hetero) is 1. The second-order valence-corrected chi connectivity index (χ2v) is 8.71.